The Kier molecular flexibility index (Phi) is 7.71. The highest BCUT2D eigenvalue weighted by atomic mass is 16.5. The molecule has 2 aliphatic rings. The lowest BCUT2D eigenvalue weighted by Gasteiger charge is -2.35. The summed E-state index contributed by atoms with van der Waals surface area (Å²) in [5, 5.41) is 2.75. The number of esters is 1. The Morgan fingerprint density at radius 1 is 1.13 bits per heavy atom. The smallest absolute Gasteiger partial charge is 0.308 e. The third kappa shape index (κ3) is 5.97. The Bertz CT molecular complexity index is 740. The van der Waals surface area contributed by atoms with Gasteiger partial charge in [0.15, 0.2) is 0 Å². The molecule has 0 radical (unpaired) electrons. The number of benzene rings is 1. The van der Waals surface area contributed by atoms with Crippen LogP contribution < -0.4 is 10.1 Å². The molecule has 1 aromatic carbocycles. The second-order valence-electron chi connectivity index (χ2n) is 8.49. The number of hydrogen-bond acceptors (Lipinski definition) is 5. The van der Waals surface area contributed by atoms with E-state index in [4.69, 9.17) is 9.47 Å². The zero-order valence-electron chi connectivity index (χ0n) is 17.9. The van der Waals surface area contributed by atoms with Gasteiger partial charge in [0.25, 0.3) is 5.91 Å². The van der Waals surface area contributed by atoms with Gasteiger partial charge in [-0.15, -0.1) is 0 Å². The van der Waals surface area contributed by atoms with Crippen molar-refractivity contribution in [1.29, 1.82) is 0 Å². The van der Waals surface area contributed by atoms with Gasteiger partial charge in [0, 0.05) is 18.7 Å². The molecule has 2 amide bonds. The van der Waals surface area contributed by atoms with E-state index in [0.29, 0.717) is 36.9 Å². The van der Waals surface area contributed by atoms with Crippen molar-refractivity contribution >= 4 is 17.8 Å². The Morgan fingerprint density at radius 3 is 2.50 bits per heavy atom. The van der Waals surface area contributed by atoms with Gasteiger partial charge >= 0.3 is 5.97 Å². The number of nitrogens with one attached hydrogen (secondary N) is 1. The summed E-state index contributed by atoms with van der Waals surface area (Å²) in [6.45, 7) is 5.47. The molecule has 0 spiro atoms. The van der Waals surface area contributed by atoms with E-state index >= 15 is 0 Å². The van der Waals surface area contributed by atoms with Crippen molar-refractivity contribution < 1.29 is 23.9 Å². The van der Waals surface area contributed by atoms with Crippen LogP contribution in [-0.4, -0.2) is 54.5 Å². The molecule has 164 valence electrons. The van der Waals surface area contributed by atoms with E-state index < -0.39 is 12.0 Å². The largest absolute Gasteiger partial charge is 0.493 e. The van der Waals surface area contributed by atoms with Gasteiger partial charge in [0.1, 0.15) is 17.9 Å². The number of piperazine rings is 1. The summed E-state index contributed by atoms with van der Waals surface area (Å²) in [4.78, 5) is 39.4. The third-order valence-electron chi connectivity index (χ3n) is 5.49. The van der Waals surface area contributed by atoms with Gasteiger partial charge in [-0.1, -0.05) is 20.3 Å². The Balaban J connectivity index is 1.63. The van der Waals surface area contributed by atoms with Crippen LogP contribution in [0.2, 0.25) is 0 Å². The minimum Gasteiger partial charge on any atom is -0.493 e. The highest BCUT2D eigenvalue weighted by molar-refractivity contribution is 5.99. The van der Waals surface area contributed by atoms with E-state index in [1.165, 1.54) is 11.3 Å². The van der Waals surface area contributed by atoms with Crippen molar-refractivity contribution in [1.82, 2.24) is 10.2 Å². The Labute approximate surface area is 178 Å². The lowest BCUT2D eigenvalue weighted by atomic mass is 9.98. The predicted octanol–water partition coefficient (Wildman–Crippen LogP) is 2.93. The topological polar surface area (TPSA) is 84.9 Å². The number of ether oxygens (including phenoxy) is 2. The fraction of sp³-hybridized carbons (Fsp3) is 0.609. The molecule has 1 aliphatic heterocycles. The van der Waals surface area contributed by atoms with Crippen LogP contribution in [0.1, 0.15) is 62.7 Å². The fourth-order valence-corrected chi connectivity index (χ4v) is 3.86. The van der Waals surface area contributed by atoms with Crippen LogP contribution >= 0.6 is 0 Å². The highest BCUT2D eigenvalue weighted by Crippen LogP contribution is 2.22. The highest BCUT2D eigenvalue weighted by Gasteiger charge is 2.36. The van der Waals surface area contributed by atoms with Gasteiger partial charge in [-0.3, -0.25) is 14.4 Å². The van der Waals surface area contributed by atoms with Crippen LogP contribution in [-0.2, 0) is 14.3 Å². The van der Waals surface area contributed by atoms with Crippen molar-refractivity contribution in [3.05, 3.63) is 29.8 Å². The van der Waals surface area contributed by atoms with E-state index in [9.17, 15) is 14.4 Å². The maximum Gasteiger partial charge on any atom is 0.308 e. The lowest BCUT2D eigenvalue weighted by Crippen LogP contribution is -2.58. The van der Waals surface area contributed by atoms with Gasteiger partial charge in [-0.25, -0.2) is 0 Å². The van der Waals surface area contributed by atoms with E-state index in [-0.39, 0.29) is 24.3 Å². The lowest BCUT2D eigenvalue weighted by molar-refractivity contribution is -0.153. The van der Waals surface area contributed by atoms with Gasteiger partial charge in [-0.2, -0.15) is 0 Å². The van der Waals surface area contributed by atoms with Crippen molar-refractivity contribution in [2.75, 3.05) is 19.7 Å². The van der Waals surface area contributed by atoms with Gasteiger partial charge in [0.05, 0.1) is 13.0 Å². The van der Waals surface area contributed by atoms with Crippen molar-refractivity contribution in [3.8, 4) is 5.75 Å². The third-order valence-corrected chi connectivity index (χ3v) is 5.49. The molecule has 7 nitrogen and oxygen atoms in total. The number of rotatable bonds is 7. The predicted molar refractivity (Wildman–Crippen MR) is 112 cm³/mol. The summed E-state index contributed by atoms with van der Waals surface area (Å²) < 4.78 is 11.2. The second kappa shape index (κ2) is 10.5. The fourth-order valence-electron chi connectivity index (χ4n) is 3.86. The van der Waals surface area contributed by atoms with Gasteiger partial charge < -0.3 is 19.7 Å². The van der Waals surface area contributed by atoms with Crippen LogP contribution in [0.4, 0.5) is 0 Å². The maximum atomic E-state index is 13.1. The second-order valence-corrected chi connectivity index (χ2v) is 8.49. The standard InChI is InChI=1S/C23H32N2O5/c1-16(2)15-29-18-10-8-17(9-11-18)23(28)25-13-12-24-22(27)20(25)14-21(26)30-19-6-4-3-5-7-19/h8-11,16,19-20H,3-7,12-15H2,1-2H3,(H,24,27)/t20-/m0/s1. The van der Waals surface area contributed by atoms with E-state index in [0.717, 1.165) is 25.7 Å². The first-order valence-electron chi connectivity index (χ1n) is 10.9. The number of carbonyl (C=O) groups is 3. The summed E-state index contributed by atoms with van der Waals surface area (Å²) in [5.41, 5.74) is 0.465. The zero-order chi connectivity index (χ0) is 21.5. The van der Waals surface area contributed by atoms with Crippen LogP contribution in [0, 0.1) is 5.92 Å². The summed E-state index contributed by atoms with van der Waals surface area (Å²) in [5.74, 6) is 0.110. The molecular formula is C23H32N2O5. The molecule has 3 rings (SSSR count). The number of hydrogen-bond donors (Lipinski definition) is 1. The number of carbonyl (C=O) groups excluding carboxylic acids is 3. The number of amides is 2. The summed E-state index contributed by atoms with van der Waals surface area (Å²) in [7, 11) is 0. The Morgan fingerprint density at radius 2 is 1.83 bits per heavy atom. The molecule has 1 saturated carbocycles. The minimum atomic E-state index is -0.848. The zero-order valence-corrected chi connectivity index (χ0v) is 17.9. The maximum absolute atomic E-state index is 13.1. The molecule has 0 bridgehead atoms. The van der Waals surface area contributed by atoms with Crippen LogP contribution in [0.5, 0.6) is 5.75 Å². The molecule has 1 aliphatic carbocycles. The van der Waals surface area contributed by atoms with Gasteiger partial charge in [-0.05, 0) is 55.9 Å². The van der Waals surface area contributed by atoms with Crippen LogP contribution in [0.25, 0.3) is 0 Å². The van der Waals surface area contributed by atoms with E-state index in [1.54, 1.807) is 24.3 Å². The van der Waals surface area contributed by atoms with Gasteiger partial charge in [0.2, 0.25) is 5.91 Å². The molecule has 1 aromatic rings. The molecule has 0 aromatic heterocycles. The average molecular weight is 417 g/mol. The van der Waals surface area contributed by atoms with E-state index in [1.807, 2.05) is 0 Å². The summed E-state index contributed by atoms with van der Waals surface area (Å²) >= 11 is 0. The normalized spacial score (nSPS) is 20.0. The minimum absolute atomic E-state index is 0.0690. The molecule has 1 N–H and O–H groups in total. The molecule has 1 heterocycles. The van der Waals surface area contributed by atoms with Crippen molar-refractivity contribution in [3.63, 3.8) is 0 Å². The van der Waals surface area contributed by atoms with Crippen molar-refractivity contribution in [2.24, 2.45) is 5.92 Å². The quantitative estimate of drug-likeness (QED) is 0.691. The molecule has 1 atom stereocenters. The summed E-state index contributed by atoms with van der Waals surface area (Å²) in [6.07, 6.45) is 4.84. The van der Waals surface area contributed by atoms with E-state index in [2.05, 4.69) is 19.2 Å². The molecule has 2 fully saturated rings. The first-order chi connectivity index (χ1) is 14.4. The van der Waals surface area contributed by atoms with Crippen LogP contribution in [0.15, 0.2) is 24.3 Å². The molecule has 7 heteroatoms. The number of nitrogens with zero attached hydrogens (tertiary/aromatic N) is 1. The first kappa shape index (κ1) is 22.1. The average Bonchev–Trinajstić information content (AvgIpc) is 2.74. The monoisotopic (exact) mass is 416 g/mol. The molecule has 30 heavy (non-hydrogen) atoms. The Hall–Kier alpha value is -2.57. The van der Waals surface area contributed by atoms with Crippen molar-refractivity contribution in [2.45, 2.75) is 64.5 Å². The molecule has 0 unspecified atom stereocenters. The SMILES string of the molecule is CC(C)COc1ccc(C(=O)N2CCNC(=O)[C@@H]2CC(=O)OC2CCCCC2)cc1. The summed E-state index contributed by atoms with van der Waals surface area (Å²) in [6, 6.07) is 6.06. The molecular weight excluding hydrogens is 384 g/mol. The van der Waals surface area contributed by atoms with Crippen LogP contribution in [0.3, 0.4) is 0 Å². The first-order valence-corrected chi connectivity index (χ1v) is 10.9. The molecule has 1 saturated heterocycles.